The molecule has 2 aromatic heterocycles. The minimum absolute atomic E-state index is 0.378. The summed E-state index contributed by atoms with van der Waals surface area (Å²) in [4.78, 5) is 20.5. The fourth-order valence-electron chi connectivity index (χ4n) is 2.65. The molecule has 0 aliphatic carbocycles. The van der Waals surface area contributed by atoms with Crippen molar-refractivity contribution in [1.82, 2.24) is 19.7 Å². The van der Waals surface area contributed by atoms with Crippen LogP contribution in [0, 0.1) is 6.92 Å². The SMILES string of the molecule is Cc1ccc(NC(=O)Nc2ccc(Oc3cc(-n4cccn4)ncn3)cc2)c(Cl)c1. The minimum Gasteiger partial charge on any atom is -0.439 e. The lowest BCUT2D eigenvalue weighted by Crippen LogP contribution is -2.19. The number of nitrogens with zero attached hydrogens (tertiary/aromatic N) is 4. The van der Waals surface area contributed by atoms with Gasteiger partial charge < -0.3 is 15.4 Å². The Bertz CT molecular complexity index is 1160. The lowest BCUT2D eigenvalue weighted by atomic mass is 10.2. The van der Waals surface area contributed by atoms with Crippen LogP contribution >= 0.6 is 11.6 Å². The number of ether oxygens (including phenoxy) is 1. The van der Waals surface area contributed by atoms with Crippen LogP contribution in [-0.4, -0.2) is 25.8 Å². The van der Waals surface area contributed by atoms with Crippen LogP contribution in [0.15, 0.2) is 73.3 Å². The van der Waals surface area contributed by atoms with Crippen LogP contribution in [0.25, 0.3) is 5.82 Å². The standard InChI is InChI=1S/C21H17ClN6O2/c1-14-3-8-18(17(22)11-14)27-21(29)26-15-4-6-16(7-5-15)30-20-12-19(23-13-24-20)28-10-2-9-25-28/h2-13H,1H3,(H2,26,27,29). The average molecular weight is 421 g/mol. The van der Waals surface area contributed by atoms with E-state index in [9.17, 15) is 4.79 Å². The van der Waals surface area contributed by atoms with E-state index in [4.69, 9.17) is 16.3 Å². The number of nitrogens with one attached hydrogen (secondary N) is 2. The first kappa shape index (κ1) is 19.4. The van der Waals surface area contributed by atoms with Crippen LogP contribution in [0.4, 0.5) is 16.2 Å². The average Bonchev–Trinajstić information content (AvgIpc) is 3.27. The van der Waals surface area contributed by atoms with Gasteiger partial charge in [0.25, 0.3) is 0 Å². The third-order valence-corrected chi connectivity index (χ3v) is 4.39. The Labute approximate surface area is 177 Å². The van der Waals surface area contributed by atoms with Crippen molar-refractivity contribution in [3.63, 3.8) is 0 Å². The first-order valence-corrected chi connectivity index (χ1v) is 9.39. The Morgan fingerprint density at radius 3 is 2.63 bits per heavy atom. The molecule has 0 aliphatic heterocycles. The quantitative estimate of drug-likeness (QED) is 0.470. The molecule has 150 valence electrons. The zero-order valence-corrected chi connectivity index (χ0v) is 16.7. The van der Waals surface area contributed by atoms with E-state index >= 15 is 0 Å². The number of hydrogen-bond acceptors (Lipinski definition) is 5. The van der Waals surface area contributed by atoms with Crippen LogP contribution in [0.2, 0.25) is 5.02 Å². The first-order chi connectivity index (χ1) is 14.6. The van der Waals surface area contributed by atoms with Gasteiger partial charge in [-0.25, -0.2) is 19.4 Å². The van der Waals surface area contributed by atoms with Crippen molar-refractivity contribution in [3.8, 4) is 17.4 Å². The van der Waals surface area contributed by atoms with Gasteiger partial charge in [0.2, 0.25) is 5.88 Å². The van der Waals surface area contributed by atoms with Gasteiger partial charge in [0.15, 0.2) is 5.82 Å². The number of carbonyl (C=O) groups is 1. The van der Waals surface area contributed by atoms with Gasteiger partial charge in [-0.2, -0.15) is 5.10 Å². The third kappa shape index (κ3) is 4.73. The molecule has 2 amide bonds. The van der Waals surface area contributed by atoms with Gasteiger partial charge in [0.05, 0.1) is 10.7 Å². The molecule has 2 N–H and O–H groups in total. The van der Waals surface area contributed by atoms with E-state index in [1.54, 1.807) is 65.6 Å². The monoisotopic (exact) mass is 420 g/mol. The molecule has 2 heterocycles. The topological polar surface area (TPSA) is 94.0 Å². The Kier molecular flexibility index (Phi) is 5.58. The first-order valence-electron chi connectivity index (χ1n) is 9.01. The lowest BCUT2D eigenvalue weighted by molar-refractivity contribution is 0.262. The zero-order valence-electron chi connectivity index (χ0n) is 15.9. The summed E-state index contributed by atoms with van der Waals surface area (Å²) in [6.45, 7) is 1.93. The van der Waals surface area contributed by atoms with Crippen molar-refractivity contribution in [3.05, 3.63) is 83.9 Å². The van der Waals surface area contributed by atoms with Crippen molar-refractivity contribution in [1.29, 1.82) is 0 Å². The van der Waals surface area contributed by atoms with E-state index in [2.05, 4.69) is 25.7 Å². The highest BCUT2D eigenvalue weighted by Crippen LogP contribution is 2.24. The highest BCUT2D eigenvalue weighted by molar-refractivity contribution is 6.33. The van der Waals surface area contributed by atoms with Crippen molar-refractivity contribution in [2.24, 2.45) is 0 Å². The molecule has 0 bridgehead atoms. The summed E-state index contributed by atoms with van der Waals surface area (Å²) < 4.78 is 7.37. The molecule has 2 aromatic carbocycles. The summed E-state index contributed by atoms with van der Waals surface area (Å²) in [5, 5.41) is 10.1. The smallest absolute Gasteiger partial charge is 0.323 e. The van der Waals surface area contributed by atoms with Crippen LogP contribution in [0.3, 0.4) is 0 Å². The molecule has 30 heavy (non-hydrogen) atoms. The van der Waals surface area contributed by atoms with Gasteiger partial charge in [0.1, 0.15) is 12.1 Å². The predicted octanol–water partition coefficient (Wildman–Crippen LogP) is 5.06. The fraction of sp³-hybridized carbons (Fsp3) is 0.0476. The molecule has 0 aliphatic rings. The summed E-state index contributed by atoms with van der Waals surface area (Å²) in [6, 6.07) is 15.4. The number of amides is 2. The van der Waals surface area contributed by atoms with E-state index in [0.29, 0.717) is 33.8 Å². The molecular weight excluding hydrogens is 404 g/mol. The number of anilines is 2. The molecule has 4 aromatic rings. The molecule has 9 heteroatoms. The second-order valence-corrected chi connectivity index (χ2v) is 6.76. The van der Waals surface area contributed by atoms with Gasteiger partial charge >= 0.3 is 6.03 Å². The molecule has 0 saturated heterocycles. The highest BCUT2D eigenvalue weighted by Gasteiger charge is 2.07. The molecular formula is C21H17ClN6O2. The second-order valence-electron chi connectivity index (χ2n) is 6.35. The number of halogens is 1. The van der Waals surface area contributed by atoms with E-state index < -0.39 is 6.03 Å². The maximum absolute atomic E-state index is 12.2. The number of benzene rings is 2. The summed E-state index contributed by atoms with van der Waals surface area (Å²) >= 11 is 6.14. The molecule has 0 radical (unpaired) electrons. The van der Waals surface area contributed by atoms with Crippen LogP contribution in [0.1, 0.15) is 5.56 Å². The maximum Gasteiger partial charge on any atom is 0.323 e. The summed E-state index contributed by atoms with van der Waals surface area (Å²) in [5.74, 6) is 1.53. The van der Waals surface area contributed by atoms with E-state index in [1.165, 1.54) is 6.33 Å². The Morgan fingerprint density at radius 1 is 1.07 bits per heavy atom. The Hall–Kier alpha value is -3.91. The van der Waals surface area contributed by atoms with Crippen LogP contribution in [-0.2, 0) is 0 Å². The largest absolute Gasteiger partial charge is 0.439 e. The molecule has 0 saturated carbocycles. The third-order valence-electron chi connectivity index (χ3n) is 4.07. The fourth-order valence-corrected chi connectivity index (χ4v) is 2.93. The molecule has 8 nitrogen and oxygen atoms in total. The van der Waals surface area contributed by atoms with Crippen molar-refractivity contribution in [2.75, 3.05) is 10.6 Å². The van der Waals surface area contributed by atoms with E-state index in [0.717, 1.165) is 5.56 Å². The second kappa shape index (κ2) is 8.62. The number of aryl methyl sites for hydroxylation is 1. The molecule has 0 spiro atoms. The predicted molar refractivity (Wildman–Crippen MR) is 115 cm³/mol. The van der Waals surface area contributed by atoms with Crippen LogP contribution < -0.4 is 15.4 Å². The van der Waals surface area contributed by atoms with E-state index in [-0.39, 0.29) is 0 Å². The number of rotatable bonds is 5. The van der Waals surface area contributed by atoms with Crippen molar-refractivity contribution in [2.45, 2.75) is 6.92 Å². The van der Waals surface area contributed by atoms with Crippen molar-refractivity contribution < 1.29 is 9.53 Å². The molecule has 0 fully saturated rings. The van der Waals surface area contributed by atoms with Gasteiger partial charge in [-0.3, -0.25) is 0 Å². The summed E-state index contributed by atoms with van der Waals surface area (Å²) in [6.07, 6.45) is 4.85. The van der Waals surface area contributed by atoms with E-state index in [1.807, 2.05) is 13.0 Å². The van der Waals surface area contributed by atoms with Gasteiger partial charge in [0, 0.05) is 24.1 Å². The summed E-state index contributed by atoms with van der Waals surface area (Å²) in [7, 11) is 0. The Morgan fingerprint density at radius 2 is 1.90 bits per heavy atom. The normalized spacial score (nSPS) is 10.5. The van der Waals surface area contributed by atoms with Gasteiger partial charge in [-0.1, -0.05) is 17.7 Å². The number of urea groups is 1. The number of hydrogen-bond donors (Lipinski definition) is 2. The molecule has 0 unspecified atom stereocenters. The maximum atomic E-state index is 12.2. The number of carbonyl (C=O) groups excluding carboxylic acids is 1. The Balaban J connectivity index is 1.38. The number of aromatic nitrogens is 4. The summed E-state index contributed by atoms with van der Waals surface area (Å²) in [5.41, 5.74) is 2.15. The molecule has 0 atom stereocenters. The highest BCUT2D eigenvalue weighted by atomic mass is 35.5. The van der Waals surface area contributed by atoms with Gasteiger partial charge in [-0.15, -0.1) is 0 Å². The van der Waals surface area contributed by atoms with Gasteiger partial charge in [-0.05, 0) is 55.0 Å². The van der Waals surface area contributed by atoms with Crippen LogP contribution in [0.5, 0.6) is 11.6 Å². The van der Waals surface area contributed by atoms with Crippen molar-refractivity contribution >= 4 is 29.0 Å². The zero-order chi connectivity index (χ0) is 20.9. The molecule has 4 rings (SSSR count). The lowest BCUT2D eigenvalue weighted by Gasteiger charge is -2.10. The minimum atomic E-state index is -0.394.